The van der Waals surface area contributed by atoms with Crippen LogP contribution in [0.2, 0.25) is 0 Å². The third kappa shape index (κ3) is 1.06. The molecular weight excluding hydrogens is 181 g/mol. The molecule has 0 bridgehead atoms. The van der Waals surface area contributed by atoms with E-state index in [1.165, 1.54) is 0 Å². The van der Waals surface area contributed by atoms with Gasteiger partial charge in [0.1, 0.15) is 0 Å². The third-order valence-electron chi connectivity index (χ3n) is 1.41. The second kappa shape index (κ2) is 2.19. The minimum absolute atomic E-state index is 1.37. The first-order valence-electron chi connectivity index (χ1n) is 2.81. The van der Waals surface area contributed by atoms with E-state index in [1.54, 1.807) is 0 Å². The molecule has 4 nitrogen and oxygen atoms in total. The summed E-state index contributed by atoms with van der Waals surface area (Å²) in [5.74, 6) is -3.33. The lowest BCUT2D eigenvalue weighted by Gasteiger charge is -2.19. The maximum atomic E-state index is 11.9. The largest absolute Gasteiger partial charge is 0.428 e. The predicted molar refractivity (Wildman–Crippen MR) is 26.7 cm³/mol. The average Bonchev–Trinajstić information content (AvgIpc) is 2.06. The topological polar surface area (TPSA) is 63.6 Å². The summed E-state index contributed by atoms with van der Waals surface area (Å²) in [6, 6.07) is 0. The molecule has 1 unspecified atom stereocenters. The maximum absolute atomic E-state index is 11.9. The van der Waals surface area contributed by atoms with Crippen molar-refractivity contribution in [2.24, 2.45) is 0 Å². The van der Waals surface area contributed by atoms with Crippen LogP contribution < -0.4 is 0 Å². The van der Waals surface area contributed by atoms with Crippen molar-refractivity contribution in [3.05, 3.63) is 0 Å². The second-order valence-electron chi connectivity index (χ2n) is 2.30. The van der Waals surface area contributed by atoms with E-state index in [1.807, 2.05) is 0 Å². The summed E-state index contributed by atoms with van der Waals surface area (Å²) >= 11 is 0. The molecule has 1 aliphatic heterocycles. The van der Waals surface area contributed by atoms with Crippen molar-refractivity contribution in [3.8, 4) is 0 Å². The van der Waals surface area contributed by atoms with Gasteiger partial charge in [0.25, 0.3) is 5.60 Å². The zero-order valence-electron chi connectivity index (χ0n) is 5.51. The Morgan fingerprint density at radius 1 is 1.42 bits per heavy atom. The number of carbonyl (C=O) groups excluding carboxylic acids is 2. The molecule has 1 atom stereocenters. The smallest absolute Gasteiger partial charge is 0.391 e. The first-order chi connectivity index (χ1) is 5.27. The zero-order valence-corrected chi connectivity index (χ0v) is 5.51. The monoisotopic (exact) mass is 184 g/mol. The van der Waals surface area contributed by atoms with Crippen molar-refractivity contribution in [3.63, 3.8) is 0 Å². The number of aliphatic hydroxyl groups is 1. The summed E-state index contributed by atoms with van der Waals surface area (Å²) in [6.07, 6.45) is -6.54. The first kappa shape index (κ1) is 8.98. The average molecular weight is 184 g/mol. The van der Waals surface area contributed by atoms with Gasteiger partial charge in [-0.3, -0.25) is 4.79 Å². The van der Waals surface area contributed by atoms with Crippen LogP contribution in [0, 0.1) is 0 Å². The number of hydrogen-bond acceptors (Lipinski definition) is 4. The highest BCUT2D eigenvalue weighted by molar-refractivity contribution is 5.99. The second-order valence-corrected chi connectivity index (χ2v) is 2.30. The number of hydrogen-bond donors (Lipinski definition) is 1. The lowest BCUT2D eigenvalue weighted by molar-refractivity contribution is -0.250. The first-order valence-corrected chi connectivity index (χ1v) is 2.81. The Morgan fingerprint density at radius 2 is 1.92 bits per heavy atom. The van der Waals surface area contributed by atoms with Gasteiger partial charge in [0.15, 0.2) is 0 Å². The van der Waals surface area contributed by atoms with Crippen molar-refractivity contribution in [2.45, 2.75) is 18.2 Å². The van der Waals surface area contributed by atoms with Crippen molar-refractivity contribution in [2.75, 3.05) is 0 Å². The van der Waals surface area contributed by atoms with E-state index in [4.69, 9.17) is 5.11 Å². The van der Waals surface area contributed by atoms with Crippen molar-refractivity contribution >= 4 is 11.9 Å². The lowest BCUT2D eigenvalue weighted by atomic mass is 10.0. The quantitative estimate of drug-likeness (QED) is 0.416. The number of carbonyl (C=O) groups is 2. The molecule has 0 aromatic heterocycles. The van der Waals surface area contributed by atoms with Crippen molar-refractivity contribution in [1.82, 2.24) is 0 Å². The number of ether oxygens (including phenoxy) is 1. The van der Waals surface area contributed by atoms with E-state index >= 15 is 0 Å². The normalized spacial score (nSPS) is 30.7. The van der Waals surface area contributed by atoms with E-state index in [0.717, 1.165) is 0 Å². The highest BCUT2D eigenvalue weighted by Gasteiger charge is 2.66. The molecule has 0 amide bonds. The van der Waals surface area contributed by atoms with E-state index in [9.17, 15) is 22.8 Å². The summed E-state index contributed by atoms with van der Waals surface area (Å²) in [7, 11) is 0. The van der Waals surface area contributed by atoms with Crippen molar-refractivity contribution in [1.29, 1.82) is 0 Å². The van der Waals surface area contributed by atoms with Gasteiger partial charge in [0, 0.05) is 0 Å². The fraction of sp³-hybridized carbons (Fsp3) is 0.600. The molecule has 1 heterocycles. The third-order valence-corrected chi connectivity index (χ3v) is 1.41. The Balaban J connectivity index is 3.00. The fourth-order valence-corrected chi connectivity index (χ4v) is 0.721. The summed E-state index contributed by atoms with van der Waals surface area (Å²) in [6.45, 7) is 0. The van der Waals surface area contributed by atoms with Crippen molar-refractivity contribution < 1.29 is 32.6 Å². The molecule has 1 saturated heterocycles. The molecule has 1 fully saturated rings. The molecule has 0 aromatic rings. The van der Waals surface area contributed by atoms with Gasteiger partial charge >= 0.3 is 18.1 Å². The summed E-state index contributed by atoms with van der Waals surface area (Å²) in [5, 5.41) is 8.65. The van der Waals surface area contributed by atoms with Crippen LogP contribution >= 0.6 is 0 Å². The van der Waals surface area contributed by atoms with Crippen LogP contribution in [-0.4, -0.2) is 28.8 Å². The molecule has 12 heavy (non-hydrogen) atoms. The van der Waals surface area contributed by atoms with Crippen LogP contribution in [0.15, 0.2) is 0 Å². The van der Waals surface area contributed by atoms with Gasteiger partial charge in [-0.05, 0) is 0 Å². The Morgan fingerprint density at radius 3 is 2.08 bits per heavy atom. The molecule has 0 saturated carbocycles. The predicted octanol–water partition coefficient (Wildman–Crippen LogP) is -0.247. The molecule has 0 radical (unpaired) electrons. The van der Waals surface area contributed by atoms with Crippen LogP contribution in [0.25, 0.3) is 0 Å². The van der Waals surface area contributed by atoms with Gasteiger partial charge in [-0.2, -0.15) is 13.2 Å². The highest BCUT2D eigenvalue weighted by atomic mass is 19.4. The van der Waals surface area contributed by atoms with Gasteiger partial charge in [0.2, 0.25) is 0 Å². The number of alkyl halides is 3. The number of rotatable bonds is 0. The summed E-state index contributed by atoms with van der Waals surface area (Å²) in [5.41, 5.74) is -3.65. The van der Waals surface area contributed by atoms with Crippen LogP contribution in [0.3, 0.4) is 0 Å². The van der Waals surface area contributed by atoms with Gasteiger partial charge in [-0.25, -0.2) is 4.79 Å². The van der Waals surface area contributed by atoms with E-state index < -0.39 is 30.1 Å². The molecular formula is C5H3F3O4. The Labute approximate surface area is 63.9 Å². The molecule has 1 N–H and O–H groups in total. The van der Waals surface area contributed by atoms with Gasteiger partial charge in [-0.1, -0.05) is 0 Å². The van der Waals surface area contributed by atoms with E-state index in [0.29, 0.717) is 0 Å². The summed E-state index contributed by atoms with van der Waals surface area (Å²) < 4.78 is 39.2. The Bertz CT molecular complexity index is 246. The molecule has 1 aliphatic rings. The number of cyclic esters (lactones) is 2. The van der Waals surface area contributed by atoms with E-state index in [2.05, 4.69) is 4.74 Å². The number of halogens is 3. The Kier molecular flexibility index (Phi) is 1.64. The van der Waals surface area contributed by atoms with Gasteiger partial charge < -0.3 is 9.84 Å². The molecule has 0 spiro atoms. The minimum atomic E-state index is -5.17. The molecule has 0 aliphatic carbocycles. The molecule has 7 heteroatoms. The van der Waals surface area contributed by atoms with Crippen LogP contribution in [0.4, 0.5) is 13.2 Å². The lowest BCUT2D eigenvalue weighted by Crippen LogP contribution is -2.49. The van der Waals surface area contributed by atoms with Gasteiger partial charge in [-0.15, -0.1) is 0 Å². The molecule has 1 rings (SSSR count). The standard InChI is InChI=1S/C5H3F3O4/c6-5(7,8)4(11)1-2(9)12-3(4)10/h11H,1H2. The molecule has 68 valence electrons. The van der Waals surface area contributed by atoms with Gasteiger partial charge in [0.05, 0.1) is 6.42 Å². The van der Waals surface area contributed by atoms with E-state index in [-0.39, 0.29) is 0 Å². The van der Waals surface area contributed by atoms with Crippen LogP contribution in [-0.2, 0) is 14.3 Å². The SMILES string of the molecule is O=C1CC(O)(C(F)(F)F)C(=O)O1. The zero-order chi connectivity index (χ0) is 9.57. The highest BCUT2D eigenvalue weighted by Crippen LogP contribution is 2.37. The fourth-order valence-electron chi connectivity index (χ4n) is 0.721. The Hall–Kier alpha value is -1.11. The number of esters is 2. The van der Waals surface area contributed by atoms with Crippen LogP contribution in [0.5, 0.6) is 0 Å². The minimum Gasteiger partial charge on any atom is -0.391 e. The van der Waals surface area contributed by atoms with Crippen LogP contribution in [0.1, 0.15) is 6.42 Å². The maximum Gasteiger partial charge on any atom is 0.428 e. The molecule has 0 aromatic carbocycles. The summed E-state index contributed by atoms with van der Waals surface area (Å²) in [4.78, 5) is 20.6.